The minimum Gasteiger partial charge on any atom is -0.497 e. The highest BCUT2D eigenvalue weighted by Gasteiger charge is 2.24. The average molecular weight is 389 g/mol. The SMILES string of the molecule is COc1ccc([C@@H]2CCCCN(C(=O)c3ccc(Cn4ccnc4)cc3)C2)cc1. The lowest BCUT2D eigenvalue weighted by Gasteiger charge is -2.25. The minimum atomic E-state index is 0.125. The third-order valence-electron chi connectivity index (χ3n) is 5.67. The van der Waals surface area contributed by atoms with Gasteiger partial charge < -0.3 is 14.2 Å². The molecule has 5 heteroatoms. The van der Waals surface area contributed by atoms with Crippen LogP contribution >= 0.6 is 0 Å². The first-order valence-corrected chi connectivity index (χ1v) is 10.2. The normalized spacial score (nSPS) is 17.0. The molecule has 1 aromatic heterocycles. The lowest BCUT2D eigenvalue weighted by molar-refractivity contribution is 0.0754. The van der Waals surface area contributed by atoms with Gasteiger partial charge in [0.2, 0.25) is 0 Å². The van der Waals surface area contributed by atoms with E-state index in [-0.39, 0.29) is 5.91 Å². The molecule has 0 N–H and O–H groups in total. The molecule has 4 rings (SSSR count). The number of hydrogen-bond acceptors (Lipinski definition) is 3. The molecule has 3 aromatic rings. The van der Waals surface area contributed by atoms with Gasteiger partial charge in [0, 0.05) is 43.5 Å². The number of aromatic nitrogens is 2. The van der Waals surface area contributed by atoms with Crippen molar-refractivity contribution >= 4 is 5.91 Å². The molecule has 0 radical (unpaired) electrons. The summed E-state index contributed by atoms with van der Waals surface area (Å²) in [7, 11) is 1.68. The lowest BCUT2D eigenvalue weighted by atomic mass is 9.94. The number of carbonyl (C=O) groups excluding carboxylic acids is 1. The van der Waals surface area contributed by atoms with E-state index in [1.165, 1.54) is 5.56 Å². The van der Waals surface area contributed by atoms with Gasteiger partial charge in [0.05, 0.1) is 13.4 Å². The van der Waals surface area contributed by atoms with Crippen LogP contribution < -0.4 is 4.74 Å². The number of amides is 1. The number of nitrogens with zero attached hydrogens (tertiary/aromatic N) is 3. The topological polar surface area (TPSA) is 47.4 Å². The van der Waals surface area contributed by atoms with Gasteiger partial charge in [-0.15, -0.1) is 0 Å². The molecule has 2 heterocycles. The number of methoxy groups -OCH3 is 1. The van der Waals surface area contributed by atoms with Crippen LogP contribution in [0.1, 0.15) is 46.7 Å². The van der Waals surface area contributed by atoms with Gasteiger partial charge in [-0.2, -0.15) is 0 Å². The predicted molar refractivity (Wildman–Crippen MR) is 113 cm³/mol. The molecular weight excluding hydrogens is 362 g/mol. The van der Waals surface area contributed by atoms with E-state index in [1.807, 2.05) is 52.1 Å². The average Bonchev–Trinajstić information content (AvgIpc) is 3.15. The molecule has 1 atom stereocenters. The molecule has 0 bridgehead atoms. The second-order valence-electron chi connectivity index (χ2n) is 7.65. The van der Waals surface area contributed by atoms with Crippen LogP contribution in [0.3, 0.4) is 0 Å². The molecular formula is C24H27N3O2. The summed E-state index contributed by atoms with van der Waals surface area (Å²) < 4.78 is 7.29. The van der Waals surface area contributed by atoms with Crippen LogP contribution in [-0.2, 0) is 6.54 Å². The number of carbonyl (C=O) groups is 1. The Bertz CT molecular complexity index is 918. The summed E-state index contributed by atoms with van der Waals surface area (Å²) in [4.78, 5) is 19.2. The zero-order valence-electron chi connectivity index (χ0n) is 16.8. The fourth-order valence-corrected chi connectivity index (χ4v) is 4.00. The molecule has 0 unspecified atom stereocenters. The first-order chi connectivity index (χ1) is 14.2. The maximum Gasteiger partial charge on any atom is 0.253 e. The smallest absolute Gasteiger partial charge is 0.253 e. The summed E-state index contributed by atoms with van der Waals surface area (Å²) in [6.07, 6.45) is 8.82. The first-order valence-electron chi connectivity index (χ1n) is 10.2. The van der Waals surface area contributed by atoms with Gasteiger partial charge >= 0.3 is 0 Å². The van der Waals surface area contributed by atoms with Crippen molar-refractivity contribution in [2.24, 2.45) is 0 Å². The van der Waals surface area contributed by atoms with E-state index in [9.17, 15) is 4.79 Å². The number of ether oxygens (including phenoxy) is 1. The van der Waals surface area contributed by atoms with Crippen molar-refractivity contribution in [3.63, 3.8) is 0 Å². The van der Waals surface area contributed by atoms with Crippen molar-refractivity contribution in [2.75, 3.05) is 20.2 Å². The molecule has 1 aliphatic rings. The molecule has 150 valence electrons. The highest BCUT2D eigenvalue weighted by Crippen LogP contribution is 2.28. The van der Waals surface area contributed by atoms with Gasteiger partial charge in [0.1, 0.15) is 5.75 Å². The van der Waals surface area contributed by atoms with Gasteiger partial charge in [-0.05, 0) is 48.2 Å². The zero-order valence-corrected chi connectivity index (χ0v) is 16.8. The maximum absolute atomic E-state index is 13.1. The van der Waals surface area contributed by atoms with Gasteiger partial charge in [-0.1, -0.05) is 30.7 Å². The van der Waals surface area contributed by atoms with Crippen LogP contribution in [0, 0.1) is 0 Å². The fourth-order valence-electron chi connectivity index (χ4n) is 4.00. The molecule has 29 heavy (non-hydrogen) atoms. The van der Waals surface area contributed by atoms with E-state index in [0.29, 0.717) is 5.92 Å². The third-order valence-corrected chi connectivity index (χ3v) is 5.67. The van der Waals surface area contributed by atoms with Crippen molar-refractivity contribution in [1.82, 2.24) is 14.5 Å². The maximum atomic E-state index is 13.1. The molecule has 2 aromatic carbocycles. The van der Waals surface area contributed by atoms with Crippen LogP contribution in [0.5, 0.6) is 5.75 Å². The summed E-state index contributed by atoms with van der Waals surface area (Å²) in [5, 5.41) is 0. The Morgan fingerprint density at radius 3 is 2.59 bits per heavy atom. The Morgan fingerprint density at radius 1 is 1.10 bits per heavy atom. The molecule has 1 fully saturated rings. The number of likely N-dealkylation sites (tertiary alicyclic amines) is 1. The van der Waals surface area contributed by atoms with Gasteiger partial charge in [0.15, 0.2) is 0 Å². The molecule has 1 aliphatic heterocycles. The van der Waals surface area contributed by atoms with E-state index in [2.05, 4.69) is 17.1 Å². The zero-order chi connectivity index (χ0) is 20.1. The number of imidazole rings is 1. The molecule has 0 saturated carbocycles. The summed E-state index contributed by atoms with van der Waals surface area (Å²) in [5.74, 6) is 1.36. The molecule has 5 nitrogen and oxygen atoms in total. The Morgan fingerprint density at radius 2 is 1.90 bits per heavy atom. The minimum absolute atomic E-state index is 0.125. The number of rotatable bonds is 5. The van der Waals surface area contributed by atoms with Crippen molar-refractivity contribution < 1.29 is 9.53 Å². The van der Waals surface area contributed by atoms with E-state index in [1.54, 1.807) is 19.6 Å². The quantitative estimate of drug-likeness (QED) is 0.652. The Hall–Kier alpha value is -3.08. The standard InChI is InChI=1S/C24H27N3O2/c1-29-23-11-9-20(10-12-23)22-4-2-3-14-27(17-22)24(28)21-7-5-19(6-8-21)16-26-15-13-25-18-26/h5-13,15,18,22H,2-4,14,16-17H2,1H3/t22-/m1/s1. The monoisotopic (exact) mass is 389 g/mol. The number of hydrogen-bond donors (Lipinski definition) is 0. The van der Waals surface area contributed by atoms with Crippen molar-refractivity contribution in [2.45, 2.75) is 31.7 Å². The predicted octanol–water partition coefficient (Wildman–Crippen LogP) is 4.35. The molecule has 0 aliphatic carbocycles. The second kappa shape index (κ2) is 8.95. The summed E-state index contributed by atoms with van der Waals surface area (Å²) in [5.41, 5.74) is 3.20. The lowest BCUT2D eigenvalue weighted by Crippen LogP contribution is -2.34. The fraction of sp³-hybridized carbons (Fsp3) is 0.333. The molecule has 1 saturated heterocycles. The number of benzene rings is 2. The highest BCUT2D eigenvalue weighted by molar-refractivity contribution is 5.94. The second-order valence-corrected chi connectivity index (χ2v) is 7.65. The molecule has 0 spiro atoms. The van der Waals surface area contributed by atoms with E-state index < -0.39 is 0 Å². The highest BCUT2D eigenvalue weighted by atomic mass is 16.5. The van der Waals surface area contributed by atoms with Crippen LogP contribution in [0.4, 0.5) is 0 Å². The van der Waals surface area contributed by atoms with Crippen molar-refractivity contribution in [1.29, 1.82) is 0 Å². The first kappa shape index (κ1) is 19.2. The van der Waals surface area contributed by atoms with Gasteiger partial charge in [-0.3, -0.25) is 4.79 Å². The van der Waals surface area contributed by atoms with Crippen LogP contribution in [0.15, 0.2) is 67.3 Å². The van der Waals surface area contributed by atoms with Crippen LogP contribution in [0.25, 0.3) is 0 Å². The summed E-state index contributed by atoms with van der Waals surface area (Å²) in [6, 6.07) is 16.2. The van der Waals surface area contributed by atoms with E-state index in [0.717, 1.165) is 55.8 Å². The van der Waals surface area contributed by atoms with Crippen molar-refractivity contribution in [3.05, 3.63) is 83.9 Å². The third kappa shape index (κ3) is 4.67. The van der Waals surface area contributed by atoms with Crippen LogP contribution in [-0.4, -0.2) is 40.6 Å². The van der Waals surface area contributed by atoms with E-state index in [4.69, 9.17) is 4.74 Å². The van der Waals surface area contributed by atoms with Gasteiger partial charge in [0.25, 0.3) is 5.91 Å². The largest absolute Gasteiger partial charge is 0.497 e. The molecule has 1 amide bonds. The summed E-state index contributed by atoms with van der Waals surface area (Å²) in [6.45, 7) is 2.35. The van der Waals surface area contributed by atoms with Gasteiger partial charge in [-0.25, -0.2) is 4.98 Å². The van der Waals surface area contributed by atoms with Crippen LogP contribution in [0.2, 0.25) is 0 Å². The Kier molecular flexibility index (Phi) is 5.94. The Labute approximate surface area is 171 Å². The summed E-state index contributed by atoms with van der Waals surface area (Å²) >= 11 is 0. The Balaban J connectivity index is 1.45. The van der Waals surface area contributed by atoms with E-state index >= 15 is 0 Å². The van der Waals surface area contributed by atoms with Crippen molar-refractivity contribution in [3.8, 4) is 5.75 Å².